The lowest BCUT2D eigenvalue weighted by molar-refractivity contribution is -0.385. The SMILES string of the molecule is Cc1cc(Br)cnc1NC(=O)c1cccc([N+](=O)[O-])c1Br. The number of rotatable bonds is 3. The van der Waals surface area contributed by atoms with Gasteiger partial charge in [0.1, 0.15) is 10.3 Å². The molecule has 21 heavy (non-hydrogen) atoms. The molecule has 0 atom stereocenters. The summed E-state index contributed by atoms with van der Waals surface area (Å²) in [4.78, 5) is 26.7. The number of aryl methyl sites for hydroxylation is 1. The standard InChI is InChI=1S/C13H9Br2N3O3/c1-7-5-8(14)6-16-12(7)17-13(19)9-3-2-4-10(11(9)15)18(20)21/h2-6H,1H3,(H,16,17,19). The number of nitrogens with zero attached hydrogens (tertiary/aromatic N) is 2. The number of nitrogens with one attached hydrogen (secondary N) is 1. The summed E-state index contributed by atoms with van der Waals surface area (Å²) in [5.41, 5.74) is 0.788. The normalized spacial score (nSPS) is 10.2. The second kappa shape index (κ2) is 6.31. The average molecular weight is 415 g/mol. The molecule has 1 amide bonds. The fourth-order valence-electron chi connectivity index (χ4n) is 1.68. The summed E-state index contributed by atoms with van der Waals surface area (Å²) in [6, 6.07) is 6.09. The van der Waals surface area contributed by atoms with Gasteiger partial charge in [0.25, 0.3) is 11.6 Å². The van der Waals surface area contributed by atoms with Crippen LogP contribution in [0.5, 0.6) is 0 Å². The third kappa shape index (κ3) is 3.45. The predicted molar refractivity (Wildman–Crippen MR) is 85.4 cm³/mol. The van der Waals surface area contributed by atoms with E-state index in [9.17, 15) is 14.9 Å². The number of nitro groups is 1. The number of pyridine rings is 1. The van der Waals surface area contributed by atoms with Crippen LogP contribution in [-0.4, -0.2) is 15.8 Å². The van der Waals surface area contributed by atoms with Gasteiger partial charge in [0.05, 0.1) is 10.5 Å². The van der Waals surface area contributed by atoms with Crippen LogP contribution >= 0.6 is 31.9 Å². The van der Waals surface area contributed by atoms with Crippen LogP contribution in [0, 0.1) is 17.0 Å². The van der Waals surface area contributed by atoms with Crippen LogP contribution in [0.25, 0.3) is 0 Å². The van der Waals surface area contributed by atoms with Crippen molar-refractivity contribution in [3.8, 4) is 0 Å². The Hall–Kier alpha value is -1.80. The quantitative estimate of drug-likeness (QED) is 0.605. The number of halogens is 2. The van der Waals surface area contributed by atoms with Crippen LogP contribution in [-0.2, 0) is 0 Å². The van der Waals surface area contributed by atoms with Gasteiger partial charge in [-0.3, -0.25) is 14.9 Å². The fourth-order valence-corrected chi connectivity index (χ4v) is 2.72. The highest BCUT2D eigenvalue weighted by Crippen LogP contribution is 2.29. The minimum Gasteiger partial charge on any atom is -0.306 e. The van der Waals surface area contributed by atoms with Gasteiger partial charge in [-0.25, -0.2) is 4.98 Å². The summed E-state index contributed by atoms with van der Waals surface area (Å²) in [6.45, 7) is 1.80. The molecule has 6 nitrogen and oxygen atoms in total. The molecule has 0 radical (unpaired) electrons. The van der Waals surface area contributed by atoms with Gasteiger partial charge in [0, 0.05) is 16.7 Å². The van der Waals surface area contributed by atoms with Gasteiger partial charge in [-0.15, -0.1) is 0 Å². The Morgan fingerprint density at radius 3 is 2.71 bits per heavy atom. The Kier molecular flexibility index (Phi) is 4.69. The number of hydrogen-bond acceptors (Lipinski definition) is 4. The van der Waals surface area contributed by atoms with Gasteiger partial charge in [0.2, 0.25) is 0 Å². The molecular weight excluding hydrogens is 406 g/mol. The molecule has 0 fully saturated rings. The van der Waals surface area contributed by atoms with Crippen molar-refractivity contribution in [1.82, 2.24) is 4.98 Å². The Balaban J connectivity index is 2.33. The van der Waals surface area contributed by atoms with Crippen molar-refractivity contribution in [2.45, 2.75) is 6.92 Å². The van der Waals surface area contributed by atoms with Crippen molar-refractivity contribution in [2.75, 3.05) is 5.32 Å². The molecule has 1 aromatic heterocycles. The van der Waals surface area contributed by atoms with Crippen LogP contribution in [0.1, 0.15) is 15.9 Å². The molecule has 0 spiro atoms. The maximum Gasteiger partial charge on any atom is 0.284 e. The van der Waals surface area contributed by atoms with Crippen LogP contribution in [0.15, 0.2) is 39.4 Å². The molecule has 0 unspecified atom stereocenters. The van der Waals surface area contributed by atoms with Crippen molar-refractivity contribution in [1.29, 1.82) is 0 Å². The van der Waals surface area contributed by atoms with E-state index in [-0.39, 0.29) is 15.7 Å². The van der Waals surface area contributed by atoms with E-state index in [0.29, 0.717) is 5.82 Å². The first kappa shape index (κ1) is 15.6. The monoisotopic (exact) mass is 413 g/mol. The smallest absolute Gasteiger partial charge is 0.284 e. The number of amides is 1. The van der Waals surface area contributed by atoms with Crippen LogP contribution < -0.4 is 5.32 Å². The zero-order valence-electron chi connectivity index (χ0n) is 10.8. The minimum absolute atomic E-state index is 0.141. The van der Waals surface area contributed by atoms with Crippen molar-refractivity contribution < 1.29 is 9.72 Å². The lowest BCUT2D eigenvalue weighted by atomic mass is 10.2. The van der Waals surface area contributed by atoms with Gasteiger partial charge in [-0.2, -0.15) is 0 Å². The molecule has 0 bridgehead atoms. The van der Waals surface area contributed by atoms with Gasteiger partial charge >= 0.3 is 0 Å². The maximum atomic E-state index is 12.2. The molecule has 108 valence electrons. The number of anilines is 1. The second-order valence-corrected chi connectivity index (χ2v) is 5.88. The lowest BCUT2D eigenvalue weighted by Gasteiger charge is -2.09. The Morgan fingerprint density at radius 2 is 2.10 bits per heavy atom. The van der Waals surface area contributed by atoms with Gasteiger partial charge in [0.15, 0.2) is 0 Å². The molecule has 8 heteroatoms. The molecular formula is C13H9Br2N3O3. The summed E-state index contributed by atoms with van der Waals surface area (Å²) < 4.78 is 0.941. The van der Waals surface area contributed by atoms with E-state index >= 15 is 0 Å². The molecule has 2 rings (SSSR count). The van der Waals surface area contributed by atoms with Crippen LogP contribution in [0.3, 0.4) is 0 Å². The zero-order chi connectivity index (χ0) is 15.6. The number of carbonyl (C=O) groups excluding carboxylic acids is 1. The molecule has 1 aromatic carbocycles. The maximum absolute atomic E-state index is 12.2. The van der Waals surface area contributed by atoms with E-state index in [1.54, 1.807) is 13.1 Å². The Morgan fingerprint density at radius 1 is 1.38 bits per heavy atom. The molecule has 1 heterocycles. The third-order valence-corrected chi connectivity index (χ3v) is 3.96. The fraction of sp³-hybridized carbons (Fsp3) is 0.0769. The summed E-state index contributed by atoms with van der Waals surface area (Å²) >= 11 is 6.38. The third-order valence-electron chi connectivity index (χ3n) is 2.70. The van der Waals surface area contributed by atoms with E-state index in [0.717, 1.165) is 10.0 Å². The van der Waals surface area contributed by atoms with Crippen LogP contribution in [0.4, 0.5) is 11.5 Å². The first-order valence-corrected chi connectivity index (χ1v) is 7.35. The average Bonchev–Trinajstić information content (AvgIpc) is 2.41. The number of aromatic nitrogens is 1. The van der Waals surface area contributed by atoms with Crippen LogP contribution in [0.2, 0.25) is 0 Å². The number of hydrogen-bond donors (Lipinski definition) is 1. The number of carbonyl (C=O) groups is 1. The Labute approximate surface area is 137 Å². The highest BCUT2D eigenvalue weighted by molar-refractivity contribution is 9.11. The minimum atomic E-state index is -0.552. The summed E-state index contributed by atoms with van der Waals surface area (Å²) in [5.74, 6) is -0.0647. The topological polar surface area (TPSA) is 85.1 Å². The van der Waals surface area contributed by atoms with Crippen molar-refractivity contribution in [3.05, 3.63) is 60.6 Å². The molecule has 1 N–H and O–H groups in total. The van der Waals surface area contributed by atoms with Crippen molar-refractivity contribution in [2.24, 2.45) is 0 Å². The lowest BCUT2D eigenvalue weighted by Crippen LogP contribution is -2.15. The zero-order valence-corrected chi connectivity index (χ0v) is 13.9. The van der Waals surface area contributed by atoms with Gasteiger partial charge < -0.3 is 5.32 Å². The molecule has 0 saturated heterocycles. The largest absolute Gasteiger partial charge is 0.306 e. The Bertz CT molecular complexity index is 735. The van der Waals surface area contributed by atoms with Crippen molar-refractivity contribution in [3.63, 3.8) is 0 Å². The first-order chi connectivity index (χ1) is 9.90. The van der Waals surface area contributed by atoms with E-state index in [1.807, 2.05) is 6.07 Å². The number of nitro benzene ring substituents is 1. The summed E-state index contributed by atoms with van der Waals surface area (Å²) in [5, 5.41) is 13.5. The second-order valence-electron chi connectivity index (χ2n) is 4.17. The molecule has 2 aromatic rings. The van der Waals surface area contributed by atoms with E-state index in [4.69, 9.17) is 0 Å². The predicted octanol–water partition coefficient (Wildman–Crippen LogP) is 4.08. The first-order valence-electron chi connectivity index (χ1n) is 5.76. The van der Waals surface area contributed by atoms with Crippen molar-refractivity contribution >= 4 is 49.3 Å². The highest BCUT2D eigenvalue weighted by atomic mass is 79.9. The van der Waals surface area contributed by atoms with Gasteiger partial charge in [-0.1, -0.05) is 6.07 Å². The highest BCUT2D eigenvalue weighted by Gasteiger charge is 2.20. The molecule has 0 saturated carbocycles. The number of benzene rings is 1. The molecule has 0 aliphatic carbocycles. The van der Waals surface area contributed by atoms with E-state index in [2.05, 4.69) is 42.2 Å². The molecule has 0 aliphatic heterocycles. The van der Waals surface area contributed by atoms with E-state index in [1.165, 1.54) is 18.2 Å². The van der Waals surface area contributed by atoms with Gasteiger partial charge in [-0.05, 0) is 56.5 Å². The molecule has 0 aliphatic rings. The summed E-state index contributed by atoms with van der Waals surface area (Å²) in [6.07, 6.45) is 1.56. The van der Waals surface area contributed by atoms with E-state index < -0.39 is 10.8 Å². The summed E-state index contributed by atoms with van der Waals surface area (Å²) in [7, 11) is 0.